The van der Waals surface area contributed by atoms with Crippen LogP contribution in [0.1, 0.15) is 34.1 Å². The maximum Gasteiger partial charge on any atom is 0.513 e. The summed E-state index contributed by atoms with van der Waals surface area (Å²) in [4.78, 5) is 23.5. The number of carbonyl (C=O) groups excluding carboxylic acids is 2. The van der Waals surface area contributed by atoms with E-state index in [-0.39, 0.29) is 18.3 Å². The maximum atomic E-state index is 12.0. The van der Waals surface area contributed by atoms with Crippen LogP contribution >= 0.6 is 0 Å². The van der Waals surface area contributed by atoms with Gasteiger partial charge in [0.05, 0.1) is 19.8 Å². The Morgan fingerprint density at radius 1 is 1.34 bits per heavy atom. The van der Waals surface area contributed by atoms with Crippen LogP contribution in [0.5, 0.6) is 0 Å². The molecule has 8 heteroatoms. The molecule has 2 atom stereocenters. The lowest BCUT2D eigenvalue weighted by Gasteiger charge is -2.42. The second kappa shape index (κ2) is 10.8. The molecule has 1 heterocycles. The van der Waals surface area contributed by atoms with Gasteiger partial charge in [-0.25, -0.2) is 9.59 Å². The molecule has 0 aliphatic carbocycles. The van der Waals surface area contributed by atoms with Crippen LogP contribution in [0.4, 0.5) is 4.79 Å². The molecule has 0 radical (unpaired) electrons. The molecule has 0 saturated heterocycles. The Kier molecular flexibility index (Phi) is 9.32. The minimum Gasteiger partial charge on any atom is -0.466 e. The van der Waals surface area contributed by atoms with E-state index >= 15 is 0 Å². The first-order valence-corrected chi connectivity index (χ1v) is 12.5. The normalized spacial score (nSPS) is 20.5. The van der Waals surface area contributed by atoms with E-state index in [0.717, 1.165) is 5.57 Å². The van der Waals surface area contributed by atoms with Gasteiger partial charge < -0.3 is 23.4 Å². The summed E-state index contributed by atoms with van der Waals surface area (Å²) in [6.45, 7) is 16.3. The first-order valence-electron chi connectivity index (χ1n) is 9.61. The molecule has 29 heavy (non-hydrogen) atoms. The molecule has 164 valence electrons. The van der Waals surface area contributed by atoms with Crippen LogP contribution in [0.2, 0.25) is 18.1 Å². The maximum absolute atomic E-state index is 12.0. The number of carbonyl (C=O) groups is 2. The third-order valence-corrected chi connectivity index (χ3v) is 9.51. The van der Waals surface area contributed by atoms with Gasteiger partial charge in [0.2, 0.25) is 0 Å². The highest BCUT2D eigenvalue weighted by molar-refractivity contribution is 6.74. The van der Waals surface area contributed by atoms with E-state index in [4.69, 9.17) is 18.6 Å². The van der Waals surface area contributed by atoms with Crippen molar-refractivity contribution < 1.29 is 33.0 Å². The van der Waals surface area contributed by atoms with Gasteiger partial charge in [0.25, 0.3) is 0 Å². The Labute approximate surface area is 174 Å². The van der Waals surface area contributed by atoms with Crippen LogP contribution in [0.3, 0.4) is 0 Å². The Morgan fingerprint density at radius 2 is 2.00 bits per heavy atom. The monoisotopic (exact) mass is 426 g/mol. The van der Waals surface area contributed by atoms with Crippen molar-refractivity contribution in [3.8, 4) is 0 Å². The second-order valence-corrected chi connectivity index (χ2v) is 13.2. The molecule has 1 aliphatic rings. The SMILES string of the molecule is C=CCOC(=O)OC1=CCO[C@@H](C/C(C)=C/C(=O)OC)[C@@H]1O[Si](C)(C)C(C)(C)C. The highest BCUT2D eigenvalue weighted by Crippen LogP contribution is 2.40. The zero-order valence-corrected chi connectivity index (χ0v) is 19.6. The smallest absolute Gasteiger partial charge is 0.466 e. The van der Waals surface area contributed by atoms with Crippen molar-refractivity contribution >= 4 is 20.4 Å². The molecule has 0 fully saturated rings. The topological polar surface area (TPSA) is 80.3 Å². The highest BCUT2D eigenvalue weighted by atomic mass is 28.4. The van der Waals surface area contributed by atoms with Crippen LogP contribution in [0.15, 0.2) is 36.1 Å². The molecule has 0 spiro atoms. The molecule has 0 saturated carbocycles. The summed E-state index contributed by atoms with van der Waals surface area (Å²) in [7, 11) is -0.893. The number of hydrogen-bond donors (Lipinski definition) is 0. The first-order chi connectivity index (χ1) is 13.4. The summed E-state index contributed by atoms with van der Waals surface area (Å²) in [5.74, 6) is -0.0637. The van der Waals surface area contributed by atoms with Gasteiger partial charge in [0.1, 0.15) is 18.5 Å². The molecular formula is C21H34O7Si. The highest BCUT2D eigenvalue weighted by Gasteiger charge is 2.44. The Hall–Kier alpha value is -1.90. The van der Waals surface area contributed by atoms with E-state index in [0.29, 0.717) is 12.2 Å². The van der Waals surface area contributed by atoms with Crippen molar-refractivity contribution in [2.45, 2.75) is 64.5 Å². The van der Waals surface area contributed by atoms with Crippen molar-refractivity contribution in [3.05, 3.63) is 36.1 Å². The zero-order chi connectivity index (χ0) is 22.2. The molecule has 0 aromatic heterocycles. The quantitative estimate of drug-likeness (QED) is 0.244. The van der Waals surface area contributed by atoms with E-state index < -0.39 is 32.6 Å². The van der Waals surface area contributed by atoms with Gasteiger partial charge in [0, 0.05) is 6.08 Å². The summed E-state index contributed by atoms with van der Waals surface area (Å²) in [6.07, 6.45) is 3.16. The lowest BCUT2D eigenvalue weighted by atomic mass is 10.0. The fraction of sp³-hybridized carbons (Fsp3) is 0.619. The standard InChI is InChI=1S/C21H34O7Si/c1-9-11-26-20(23)27-16-10-12-25-17(13-15(2)14-18(22)24-6)19(16)28-29(7,8)21(3,4)5/h9-10,14,17,19H,1,11-13H2,2-8H3/b15-14+/t17-,19+/m0/s1. The van der Waals surface area contributed by atoms with Crippen LogP contribution in [-0.2, 0) is 28.2 Å². The van der Waals surface area contributed by atoms with Crippen molar-refractivity contribution in [3.63, 3.8) is 0 Å². The number of methoxy groups -OCH3 is 1. The molecule has 0 aromatic carbocycles. The van der Waals surface area contributed by atoms with E-state index in [2.05, 4.69) is 45.2 Å². The van der Waals surface area contributed by atoms with E-state index in [1.807, 2.05) is 6.92 Å². The van der Waals surface area contributed by atoms with Gasteiger partial charge in [-0.3, -0.25) is 0 Å². The van der Waals surface area contributed by atoms with Gasteiger partial charge >= 0.3 is 12.1 Å². The van der Waals surface area contributed by atoms with Gasteiger partial charge in [-0.1, -0.05) is 39.0 Å². The average Bonchev–Trinajstić information content (AvgIpc) is 2.61. The fourth-order valence-corrected chi connectivity index (χ4v) is 3.68. The number of esters is 1. The molecular weight excluding hydrogens is 392 g/mol. The summed E-state index contributed by atoms with van der Waals surface area (Å²) in [5, 5.41) is -0.0552. The molecule has 7 nitrogen and oxygen atoms in total. The summed E-state index contributed by atoms with van der Waals surface area (Å²) >= 11 is 0. The molecule has 1 aliphatic heterocycles. The molecule has 0 aromatic rings. The van der Waals surface area contributed by atoms with E-state index in [9.17, 15) is 9.59 Å². The third kappa shape index (κ3) is 7.79. The van der Waals surface area contributed by atoms with Gasteiger partial charge in [0.15, 0.2) is 8.32 Å². The molecule has 1 rings (SSSR count). The largest absolute Gasteiger partial charge is 0.513 e. The predicted molar refractivity (Wildman–Crippen MR) is 113 cm³/mol. The number of ether oxygens (including phenoxy) is 4. The number of hydrogen-bond acceptors (Lipinski definition) is 7. The van der Waals surface area contributed by atoms with Crippen LogP contribution in [-0.4, -0.2) is 53.0 Å². The van der Waals surface area contributed by atoms with E-state index in [1.165, 1.54) is 19.3 Å². The second-order valence-electron chi connectivity index (χ2n) is 8.45. The average molecular weight is 427 g/mol. The fourth-order valence-electron chi connectivity index (χ4n) is 2.42. The van der Waals surface area contributed by atoms with Gasteiger partial charge in [-0.15, -0.1) is 0 Å². The molecule has 0 N–H and O–H groups in total. The van der Waals surface area contributed by atoms with E-state index in [1.54, 1.807) is 6.08 Å². The summed E-state index contributed by atoms with van der Waals surface area (Å²) in [6, 6.07) is 0. The van der Waals surface area contributed by atoms with Gasteiger partial charge in [-0.05, 0) is 37.6 Å². The Bertz CT molecular complexity index is 658. The van der Waals surface area contributed by atoms with Crippen molar-refractivity contribution in [1.29, 1.82) is 0 Å². The van der Waals surface area contributed by atoms with Crippen molar-refractivity contribution in [2.75, 3.05) is 20.3 Å². The molecule has 0 bridgehead atoms. The van der Waals surface area contributed by atoms with Crippen molar-refractivity contribution in [2.24, 2.45) is 0 Å². The third-order valence-electron chi connectivity index (χ3n) is 5.05. The first kappa shape index (κ1) is 25.1. The molecule has 0 unspecified atom stereocenters. The van der Waals surface area contributed by atoms with Crippen LogP contribution < -0.4 is 0 Å². The molecule has 0 amide bonds. The zero-order valence-electron chi connectivity index (χ0n) is 18.6. The van der Waals surface area contributed by atoms with Crippen molar-refractivity contribution in [1.82, 2.24) is 0 Å². The van der Waals surface area contributed by atoms with Crippen LogP contribution in [0, 0.1) is 0 Å². The van der Waals surface area contributed by atoms with Crippen LogP contribution in [0.25, 0.3) is 0 Å². The minimum atomic E-state index is -2.22. The number of rotatable bonds is 8. The Balaban J connectivity index is 3.11. The summed E-state index contributed by atoms with van der Waals surface area (Å²) in [5.41, 5.74) is 0.779. The minimum absolute atomic E-state index is 0.0552. The lowest BCUT2D eigenvalue weighted by Crippen LogP contribution is -2.50. The predicted octanol–water partition coefficient (Wildman–Crippen LogP) is 4.51. The summed E-state index contributed by atoms with van der Waals surface area (Å²) < 4.78 is 27.5. The lowest BCUT2D eigenvalue weighted by molar-refractivity contribution is -0.134. The van der Waals surface area contributed by atoms with Gasteiger partial charge in [-0.2, -0.15) is 0 Å². The Morgan fingerprint density at radius 3 is 2.55 bits per heavy atom.